The predicted octanol–water partition coefficient (Wildman–Crippen LogP) is 4.66. The van der Waals surface area contributed by atoms with Crippen molar-refractivity contribution < 1.29 is 13.2 Å². The van der Waals surface area contributed by atoms with Gasteiger partial charge in [0.15, 0.2) is 0 Å². The zero-order chi connectivity index (χ0) is 20.3. The van der Waals surface area contributed by atoms with E-state index in [1.54, 1.807) is 48.5 Å². The molecule has 0 saturated heterocycles. The molecule has 0 bridgehead atoms. The number of aryl methyl sites for hydroxylation is 3. The van der Waals surface area contributed by atoms with Crippen molar-refractivity contribution in [3.63, 3.8) is 0 Å². The average molecular weight is 394 g/mol. The van der Waals surface area contributed by atoms with Gasteiger partial charge in [0, 0.05) is 16.9 Å². The van der Waals surface area contributed by atoms with Crippen LogP contribution < -0.4 is 10.0 Å². The number of nitrogens with one attached hydrogen (secondary N) is 2. The Balaban J connectivity index is 1.73. The molecule has 0 fully saturated rings. The molecule has 3 rings (SSSR count). The van der Waals surface area contributed by atoms with Crippen LogP contribution in [-0.2, 0) is 10.0 Å². The molecule has 0 radical (unpaired) electrons. The molecule has 1 amide bonds. The SMILES string of the molecule is Cc1ccc(S(=O)(=O)Nc2ccc(C(=O)Nc3cc(C)ccc3C)cc2)cc1. The molecular weight excluding hydrogens is 372 g/mol. The third-order valence-corrected chi connectivity index (χ3v) is 5.77. The third-order valence-electron chi connectivity index (χ3n) is 4.37. The van der Waals surface area contributed by atoms with Crippen molar-refractivity contribution in [1.29, 1.82) is 0 Å². The second-order valence-corrected chi connectivity index (χ2v) is 8.45. The van der Waals surface area contributed by atoms with E-state index < -0.39 is 10.0 Å². The maximum absolute atomic E-state index is 12.5. The molecule has 0 spiro atoms. The maximum Gasteiger partial charge on any atom is 0.261 e. The molecule has 0 heterocycles. The van der Waals surface area contributed by atoms with Crippen LogP contribution in [0.25, 0.3) is 0 Å². The van der Waals surface area contributed by atoms with Gasteiger partial charge in [0.05, 0.1) is 4.90 Å². The van der Waals surface area contributed by atoms with E-state index in [1.807, 2.05) is 39.0 Å². The first kappa shape index (κ1) is 19.6. The molecular formula is C22H22N2O3S. The van der Waals surface area contributed by atoms with Gasteiger partial charge < -0.3 is 5.32 Å². The summed E-state index contributed by atoms with van der Waals surface area (Å²) >= 11 is 0. The van der Waals surface area contributed by atoms with E-state index in [9.17, 15) is 13.2 Å². The Morgan fingerprint density at radius 1 is 0.786 bits per heavy atom. The largest absolute Gasteiger partial charge is 0.322 e. The summed E-state index contributed by atoms with van der Waals surface area (Å²) in [5.74, 6) is -0.248. The van der Waals surface area contributed by atoms with Gasteiger partial charge in [-0.1, -0.05) is 29.8 Å². The Hall–Kier alpha value is -3.12. The van der Waals surface area contributed by atoms with Crippen LogP contribution in [0.4, 0.5) is 11.4 Å². The van der Waals surface area contributed by atoms with Gasteiger partial charge in [0.25, 0.3) is 15.9 Å². The molecule has 5 nitrogen and oxygen atoms in total. The summed E-state index contributed by atoms with van der Waals surface area (Å²) in [5.41, 5.74) is 4.61. The van der Waals surface area contributed by atoms with Gasteiger partial charge in [-0.2, -0.15) is 0 Å². The molecule has 3 aromatic rings. The summed E-state index contributed by atoms with van der Waals surface area (Å²) in [7, 11) is -3.67. The first-order chi connectivity index (χ1) is 13.2. The molecule has 2 N–H and O–H groups in total. The van der Waals surface area contributed by atoms with E-state index in [-0.39, 0.29) is 10.8 Å². The van der Waals surface area contributed by atoms with Gasteiger partial charge >= 0.3 is 0 Å². The predicted molar refractivity (Wildman–Crippen MR) is 112 cm³/mol. The van der Waals surface area contributed by atoms with Crippen molar-refractivity contribution in [1.82, 2.24) is 0 Å². The normalized spacial score (nSPS) is 11.1. The number of hydrogen-bond acceptors (Lipinski definition) is 3. The van der Waals surface area contributed by atoms with Crippen LogP contribution in [-0.4, -0.2) is 14.3 Å². The molecule has 28 heavy (non-hydrogen) atoms. The quantitative estimate of drug-likeness (QED) is 0.661. The van der Waals surface area contributed by atoms with E-state index in [0.29, 0.717) is 11.3 Å². The van der Waals surface area contributed by atoms with Crippen LogP contribution in [0.5, 0.6) is 0 Å². The van der Waals surface area contributed by atoms with Crippen molar-refractivity contribution in [3.05, 3.63) is 89.0 Å². The molecule has 6 heteroatoms. The molecule has 0 aliphatic carbocycles. The van der Waals surface area contributed by atoms with Gasteiger partial charge in [-0.25, -0.2) is 8.42 Å². The van der Waals surface area contributed by atoms with Crippen LogP contribution in [0.1, 0.15) is 27.0 Å². The lowest BCUT2D eigenvalue weighted by atomic mass is 10.1. The number of carbonyl (C=O) groups is 1. The van der Waals surface area contributed by atoms with E-state index in [4.69, 9.17) is 0 Å². The van der Waals surface area contributed by atoms with Crippen LogP contribution >= 0.6 is 0 Å². The lowest BCUT2D eigenvalue weighted by molar-refractivity contribution is 0.102. The molecule has 0 aliphatic heterocycles. The lowest BCUT2D eigenvalue weighted by Gasteiger charge is -2.11. The number of hydrogen-bond donors (Lipinski definition) is 2. The van der Waals surface area contributed by atoms with Crippen molar-refractivity contribution in [2.75, 3.05) is 10.0 Å². The highest BCUT2D eigenvalue weighted by molar-refractivity contribution is 7.92. The number of anilines is 2. The van der Waals surface area contributed by atoms with E-state index in [2.05, 4.69) is 10.0 Å². The smallest absolute Gasteiger partial charge is 0.261 e. The highest BCUT2D eigenvalue weighted by Crippen LogP contribution is 2.20. The minimum absolute atomic E-state index is 0.190. The number of benzene rings is 3. The second kappa shape index (κ2) is 7.86. The van der Waals surface area contributed by atoms with Gasteiger partial charge in [0.1, 0.15) is 0 Å². The van der Waals surface area contributed by atoms with Gasteiger partial charge in [-0.05, 0) is 74.4 Å². The first-order valence-electron chi connectivity index (χ1n) is 8.83. The fourth-order valence-corrected chi connectivity index (χ4v) is 3.74. The standard InChI is InChI=1S/C22H22N2O3S/c1-15-5-12-20(13-6-15)28(26,27)24-19-10-8-18(9-11-19)22(25)23-21-14-16(2)4-7-17(21)3/h4-14,24H,1-3H3,(H,23,25). The van der Waals surface area contributed by atoms with Gasteiger partial charge in [-0.3, -0.25) is 9.52 Å². The van der Waals surface area contributed by atoms with E-state index in [0.717, 1.165) is 22.4 Å². The van der Waals surface area contributed by atoms with Crippen LogP contribution in [0.3, 0.4) is 0 Å². The highest BCUT2D eigenvalue weighted by Gasteiger charge is 2.14. The van der Waals surface area contributed by atoms with Crippen molar-refractivity contribution in [2.45, 2.75) is 25.7 Å². The minimum atomic E-state index is -3.67. The Kier molecular flexibility index (Phi) is 5.51. The number of rotatable bonds is 5. The van der Waals surface area contributed by atoms with Crippen molar-refractivity contribution >= 4 is 27.3 Å². The van der Waals surface area contributed by atoms with Crippen molar-refractivity contribution in [2.24, 2.45) is 0 Å². The summed E-state index contributed by atoms with van der Waals surface area (Å²) in [6.45, 7) is 5.79. The molecule has 0 unspecified atom stereocenters. The molecule has 144 valence electrons. The van der Waals surface area contributed by atoms with Crippen molar-refractivity contribution in [3.8, 4) is 0 Å². The Bertz CT molecular complexity index is 1100. The van der Waals surface area contributed by atoms with E-state index in [1.165, 1.54) is 0 Å². The summed E-state index contributed by atoms with van der Waals surface area (Å²) < 4.78 is 27.4. The average Bonchev–Trinajstić information content (AvgIpc) is 2.65. The fraction of sp³-hybridized carbons (Fsp3) is 0.136. The Labute approximate surface area is 165 Å². The Morgan fingerprint density at radius 2 is 1.39 bits per heavy atom. The first-order valence-corrected chi connectivity index (χ1v) is 10.3. The molecule has 0 aromatic heterocycles. The summed E-state index contributed by atoms with van der Waals surface area (Å²) in [4.78, 5) is 12.7. The zero-order valence-electron chi connectivity index (χ0n) is 16.0. The number of amides is 1. The second-order valence-electron chi connectivity index (χ2n) is 6.77. The number of carbonyl (C=O) groups excluding carboxylic acids is 1. The molecule has 0 saturated carbocycles. The van der Waals surface area contributed by atoms with E-state index >= 15 is 0 Å². The van der Waals surface area contributed by atoms with Gasteiger partial charge in [0.2, 0.25) is 0 Å². The zero-order valence-corrected chi connectivity index (χ0v) is 16.8. The summed E-state index contributed by atoms with van der Waals surface area (Å²) in [5, 5.41) is 2.89. The third kappa shape index (κ3) is 4.58. The molecule has 0 aliphatic rings. The molecule has 0 atom stereocenters. The molecule has 3 aromatic carbocycles. The maximum atomic E-state index is 12.5. The Morgan fingerprint density at radius 3 is 2.04 bits per heavy atom. The monoisotopic (exact) mass is 394 g/mol. The topological polar surface area (TPSA) is 75.3 Å². The lowest BCUT2D eigenvalue weighted by Crippen LogP contribution is -2.14. The van der Waals surface area contributed by atoms with Crippen LogP contribution in [0.15, 0.2) is 71.6 Å². The number of sulfonamides is 1. The summed E-state index contributed by atoms with van der Waals surface area (Å²) in [6, 6.07) is 18.8. The highest BCUT2D eigenvalue weighted by atomic mass is 32.2. The van der Waals surface area contributed by atoms with Crippen LogP contribution in [0.2, 0.25) is 0 Å². The van der Waals surface area contributed by atoms with Crippen LogP contribution in [0, 0.1) is 20.8 Å². The van der Waals surface area contributed by atoms with Gasteiger partial charge in [-0.15, -0.1) is 0 Å². The minimum Gasteiger partial charge on any atom is -0.322 e. The summed E-state index contributed by atoms with van der Waals surface area (Å²) in [6.07, 6.45) is 0. The fourth-order valence-electron chi connectivity index (χ4n) is 2.69.